The van der Waals surface area contributed by atoms with E-state index in [4.69, 9.17) is 0 Å². The summed E-state index contributed by atoms with van der Waals surface area (Å²) in [6, 6.07) is 1.67. The van der Waals surface area contributed by atoms with Crippen LogP contribution in [0.25, 0.3) is 5.57 Å². The van der Waals surface area contributed by atoms with E-state index in [1.54, 1.807) is 4.90 Å². The summed E-state index contributed by atoms with van der Waals surface area (Å²) in [7, 11) is -3.29. The Kier molecular flexibility index (Phi) is 8.75. The standard InChI is InChI=1S/C24H36N2O5S2/c1-17(2)8-7-11-22(27)26(19-12-14-25(15-13-19)33(3,30)31)20-16-21(32-23(20)24(28)29)18-9-5-4-6-10-18/h9,16-17,19H,4-8,10-15H2,1-3H3,(H,28,29). The number of nitrogens with zero attached hydrogens (tertiary/aromatic N) is 2. The van der Waals surface area contributed by atoms with Gasteiger partial charge in [0.2, 0.25) is 15.9 Å². The summed E-state index contributed by atoms with van der Waals surface area (Å²) in [6.45, 7) is 4.91. The van der Waals surface area contributed by atoms with Crippen LogP contribution in [0.2, 0.25) is 0 Å². The minimum Gasteiger partial charge on any atom is -0.477 e. The molecule has 0 bridgehead atoms. The van der Waals surface area contributed by atoms with Gasteiger partial charge < -0.3 is 10.0 Å². The van der Waals surface area contributed by atoms with Crippen LogP contribution in [0.15, 0.2) is 12.1 Å². The van der Waals surface area contributed by atoms with Gasteiger partial charge in [-0.05, 0) is 62.5 Å². The highest BCUT2D eigenvalue weighted by molar-refractivity contribution is 7.88. The van der Waals surface area contributed by atoms with Gasteiger partial charge in [-0.1, -0.05) is 26.3 Å². The smallest absolute Gasteiger partial charge is 0.348 e. The molecule has 33 heavy (non-hydrogen) atoms. The molecule has 0 unspecified atom stereocenters. The lowest BCUT2D eigenvalue weighted by Crippen LogP contribution is -2.49. The minimum absolute atomic E-state index is 0.0714. The third kappa shape index (κ3) is 6.67. The van der Waals surface area contributed by atoms with Crippen molar-refractivity contribution in [2.45, 2.75) is 77.7 Å². The number of sulfonamides is 1. The molecule has 2 heterocycles. The van der Waals surface area contributed by atoms with Crippen molar-refractivity contribution < 1.29 is 23.1 Å². The number of rotatable bonds is 9. The van der Waals surface area contributed by atoms with Gasteiger partial charge in [0.25, 0.3) is 0 Å². The zero-order chi connectivity index (χ0) is 24.2. The maximum atomic E-state index is 13.5. The third-order valence-corrected chi connectivity index (χ3v) is 8.96. The molecule has 1 aromatic heterocycles. The fraction of sp³-hybridized carbons (Fsp3) is 0.667. The van der Waals surface area contributed by atoms with E-state index >= 15 is 0 Å². The van der Waals surface area contributed by atoms with E-state index in [9.17, 15) is 23.1 Å². The number of anilines is 1. The van der Waals surface area contributed by atoms with E-state index < -0.39 is 16.0 Å². The van der Waals surface area contributed by atoms with Crippen LogP contribution in [0.5, 0.6) is 0 Å². The number of carboxylic acid groups (broad SMARTS) is 1. The number of hydrogen-bond donors (Lipinski definition) is 1. The van der Waals surface area contributed by atoms with Crippen molar-refractivity contribution in [3.8, 4) is 0 Å². The van der Waals surface area contributed by atoms with Crippen LogP contribution in [-0.2, 0) is 14.8 Å². The molecule has 1 aliphatic heterocycles. The number of carboxylic acids is 1. The van der Waals surface area contributed by atoms with Gasteiger partial charge in [0.05, 0.1) is 11.9 Å². The summed E-state index contributed by atoms with van der Waals surface area (Å²) < 4.78 is 25.4. The Morgan fingerprint density at radius 3 is 2.48 bits per heavy atom. The number of thiophene rings is 1. The van der Waals surface area contributed by atoms with Crippen LogP contribution in [-0.4, -0.2) is 55.1 Å². The predicted octanol–water partition coefficient (Wildman–Crippen LogP) is 4.99. The van der Waals surface area contributed by atoms with Gasteiger partial charge in [-0.25, -0.2) is 17.5 Å². The van der Waals surface area contributed by atoms with E-state index in [-0.39, 0.29) is 16.8 Å². The number of aromatic carboxylic acids is 1. The monoisotopic (exact) mass is 496 g/mol. The molecule has 9 heteroatoms. The summed E-state index contributed by atoms with van der Waals surface area (Å²) in [5.41, 5.74) is 1.64. The first-order valence-electron chi connectivity index (χ1n) is 11.9. The number of amides is 1. The van der Waals surface area contributed by atoms with E-state index in [0.717, 1.165) is 43.4 Å². The molecule has 0 radical (unpaired) electrons. The van der Waals surface area contributed by atoms with Crippen molar-refractivity contribution >= 4 is 44.5 Å². The summed E-state index contributed by atoms with van der Waals surface area (Å²) in [5, 5.41) is 9.97. The molecule has 1 aliphatic carbocycles. The van der Waals surface area contributed by atoms with Crippen molar-refractivity contribution in [3.05, 3.63) is 21.9 Å². The Bertz CT molecular complexity index is 988. The van der Waals surface area contributed by atoms with E-state index in [1.165, 1.54) is 27.5 Å². The second-order valence-corrected chi connectivity index (χ2v) is 12.6. The van der Waals surface area contributed by atoms with Gasteiger partial charge >= 0.3 is 5.97 Å². The highest BCUT2D eigenvalue weighted by atomic mass is 32.2. The van der Waals surface area contributed by atoms with Crippen LogP contribution < -0.4 is 4.90 Å². The van der Waals surface area contributed by atoms with E-state index in [1.807, 2.05) is 6.07 Å². The number of piperidine rings is 1. The summed E-state index contributed by atoms with van der Waals surface area (Å²) in [5.74, 6) is -0.603. The van der Waals surface area contributed by atoms with Crippen LogP contribution in [0, 0.1) is 5.92 Å². The second-order valence-electron chi connectivity index (χ2n) is 9.55. The van der Waals surface area contributed by atoms with Gasteiger partial charge in [0.1, 0.15) is 4.88 Å². The molecule has 0 spiro atoms. The Balaban J connectivity index is 1.93. The molecule has 1 fully saturated rings. The highest BCUT2D eigenvalue weighted by Gasteiger charge is 2.34. The molecule has 1 aromatic rings. The number of carbonyl (C=O) groups excluding carboxylic acids is 1. The van der Waals surface area contributed by atoms with Crippen LogP contribution in [0.4, 0.5) is 5.69 Å². The molecule has 7 nitrogen and oxygen atoms in total. The zero-order valence-electron chi connectivity index (χ0n) is 19.9. The van der Waals surface area contributed by atoms with Gasteiger partial charge in [-0.3, -0.25) is 4.79 Å². The molecule has 0 aromatic carbocycles. The van der Waals surface area contributed by atoms with Crippen molar-refractivity contribution in [1.82, 2.24) is 4.31 Å². The molecule has 1 N–H and O–H groups in total. The Hall–Kier alpha value is -1.71. The van der Waals surface area contributed by atoms with Crippen molar-refractivity contribution in [3.63, 3.8) is 0 Å². The first kappa shape index (κ1) is 25.9. The Labute approximate surface area is 201 Å². The summed E-state index contributed by atoms with van der Waals surface area (Å²) in [4.78, 5) is 28.4. The molecule has 0 saturated carbocycles. The normalized spacial score (nSPS) is 18.4. The largest absolute Gasteiger partial charge is 0.477 e. The van der Waals surface area contributed by atoms with Crippen molar-refractivity contribution in [1.29, 1.82) is 0 Å². The van der Waals surface area contributed by atoms with Gasteiger partial charge in [-0.15, -0.1) is 11.3 Å². The topological polar surface area (TPSA) is 95.0 Å². The fourth-order valence-electron chi connectivity index (χ4n) is 4.68. The Morgan fingerprint density at radius 2 is 1.94 bits per heavy atom. The second kappa shape index (κ2) is 11.1. The molecule has 0 atom stereocenters. The summed E-state index contributed by atoms with van der Waals surface area (Å²) in [6.07, 6.45) is 10.6. The SMILES string of the molecule is CC(C)CCCC(=O)N(c1cc(C2=CCCCC2)sc1C(=O)O)C1CCN(S(C)(=O)=O)CC1. The number of allylic oxidation sites excluding steroid dienone is 2. The lowest BCUT2D eigenvalue weighted by molar-refractivity contribution is -0.119. The third-order valence-electron chi connectivity index (χ3n) is 6.47. The number of carbonyl (C=O) groups is 2. The van der Waals surface area contributed by atoms with Crippen LogP contribution in [0.3, 0.4) is 0 Å². The predicted molar refractivity (Wildman–Crippen MR) is 133 cm³/mol. The molecule has 2 aliphatic rings. The van der Waals surface area contributed by atoms with Gasteiger partial charge in [-0.2, -0.15) is 0 Å². The molecule has 1 saturated heterocycles. The van der Waals surface area contributed by atoms with Gasteiger partial charge in [0.15, 0.2) is 0 Å². The van der Waals surface area contributed by atoms with E-state index in [2.05, 4.69) is 19.9 Å². The number of hydrogen-bond acceptors (Lipinski definition) is 5. The maximum absolute atomic E-state index is 13.5. The molecule has 1 amide bonds. The molecular formula is C24H36N2O5S2. The quantitative estimate of drug-likeness (QED) is 0.520. The van der Waals surface area contributed by atoms with Crippen LogP contribution in [0.1, 0.15) is 86.2 Å². The summed E-state index contributed by atoms with van der Waals surface area (Å²) >= 11 is 1.25. The van der Waals surface area contributed by atoms with E-state index in [0.29, 0.717) is 44.0 Å². The van der Waals surface area contributed by atoms with Crippen molar-refractivity contribution in [2.24, 2.45) is 5.92 Å². The lowest BCUT2D eigenvalue weighted by Gasteiger charge is -2.37. The van der Waals surface area contributed by atoms with Crippen LogP contribution >= 0.6 is 11.3 Å². The average molecular weight is 497 g/mol. The van der Waals surface area contributed by atoms with Gasteiger partial charge in [0, 0.05) is 30.4 Å². The molecule has 184 valence electrons. The zero-order valence-corrected chi connectivity index (χ0v) is 21.5. The Morgan fingerprint density at radius 1 is 1.24 bits per heavy atom. The fourth-order valence-corrected chi connectivity index (χ4v) is 6.61. The first-order chi connectivity index (χ1) is 15.6. The minimum atomic E-state index is -3.29. The average Bonchev–Trinajstić information content (AvgIpc) is 3.19. The lowest BCUT2D eigenvalue weighted by atomic mass is 9.98. The maximum Gasteiger partial charge on any atom is 0.348 e. The van der Waals surface area contributed by atoms with Crippen molar-refractivity contribution in [2.75, 3.05) is 24.2 Å². The first-order valence-corrected chi connectivity index (χ1v) is 14.6. The highest BCUT2D eigenvalue weighted by Crippen LogP contribution is 2.40. The molecular weight excluding hydrogens is 460 g/mol. The molecule has 3 rings (SSSR count).